The van der Waals surface area contributed by atoms with Crippen molar-refractivity contribution >= 4 is 17.6 Å². The number of anilines is 1. The molecule has 2 rings (SSSR count). The average Bonchev–Trinajstić information content (AvgIpc) is 2.61. The largest absolute Gasteiger partial charge is 0.431 e. The summed E-state index contributed by atoms with van der Waals surface area (Å²) >= 11 is 0. The van der Waals surface area contributed by atoms with Gasteiger partial charge >= 0.3 is 24.1 Å². The Morgan fingerprint density at radius 3 is 1.71 bits per heavy atom. The Kier molecular flexibility index (Phi) is 6.57. The van der Waals surface area contributed by atoms with E-state index in [1.54, 1.807) is 5.32 Å². The van der Waals surface area contributed by atoms with Crippen molar-refractivity contribution in [1.82, 2.24) is 5.32 Å². The minimum atomic E-state index is -6.22. The maximum atomic E-state index is 13.7. The van der Waals surface area contributed by atoms with Crippen LogP contribution in [0.1, 0.15) is 15.9 Å². The summed E-state index contributed by atoms with van der Waals surface area (Å²) in [5.74, 6) is -3.94. The molecule has 0 saturated carbocycles. The monoisotopic (exact) mass is 458 g/mol. The molecule has 0 radical (unpaired) electrons. The highest BCUT2D eigenvalue weighted by Crippen LogP contribution is 2.48. The Morgan fingerprint density at radius 1 is 0.774 bits per heavy atom. The van der Waals surface area contributed by atoms with E-state index in [-0.39, 0.29) is 5.69 Å². The maximum absolute atomic E-state index is 13.7. The zero-order valence-electron chi connectivity index (χ0n) is 15.0. The number of carbonyl (C=O) groups excluding carboxylic acids is 2. The van der Waals surface area contributed by atoms with E-state index in [4.69, 9.17) is 0 Å². The Hall–Kier alpha value is -3.25. The van der Waals surface area contributed by atoms with Crippen LogP contribution in [0.3, 0.4) is 0 Å². The van der Waals surface area contributed by atoms with Gasteiger partial charge in [0.25, 0.3) is 5.91 Å². The predicted molar refractivity (Wildman–Crippen MR) is 88.9 cm³/mol. The third-order valence-electron chi connectivity index (χ3n) is 3.98. The Bertz CT molecular complexity index is 935. The second-order valence-corrected chi connectivity index (χ2v) is 6.18. The molecule has 2 N–H and O–H groups in total. The normalized spacial score (nSPS) is 12.4. The maximum Gasteiger partial charge on any atom is 0.431 e. The standard InChI is InChI=1S/C18H11F9N2O2/c19-11-2-1-3-12(20)13(11)14(30)29-15(31)28-10-6-4-9(5-7-10)8-16(21,17(22,23)24)18(25,26)27/h1-7H,8H2,(H2,28,29,30,31). The van der Waals surface area contributed by atoms with Gasteiger partial charge < -0.3 is 5.32 Å². The van der Waals surface area contributed by atoms with Gasteiger partial charge in [0.15, 0.2) is 0 Å². The van der Waals surface area contributed by atoms with Gasteiger partial charge in [-0.2, -0.15) is 26.3 Å². The van der Waals surface area contributed by atoms with E-state index in [9.17, 15) is 49.1 Å². The summed E-state index contributed by atoms with van der Waals surface area (Å²) in [7, 11) is 0. The van der Waals surface area contributed by atoms with Crippen LogP contribution < -0.4 is 10.6 Å². The molecule has 3 amide bonds. The van der Waals surface area contributed by atoms with E-state index in [1.165, 1.54) is 0 Å². The van der Waals surface area contributed by atoms with Crippen molar-refractivity contribution in [3.63, 3.8) is 0 Å². The first-order chi connectivity index (χ1) is 14.2. The van der Waals surface area contributed by atoms with Crippen LogP contribution in [0.15, 0.2) is 42.5 Å². The van der Waals surface area contributed by atoms with Crippen LogP contribution in [-0.2, 0) is 6.42 Å². The molecule has 0 bridgehead atoms. The SMILES string of the molecule is O=C(NC(=O)c1c(F)cccc1F)Nc1ccc(CC(F)(C(F)(F)F)C(F)(F)F)cc1. The van der Waals surface area contributed by atoms with Crippen molar-refractivity contribution in [1.29, 1.82) is 0 Å². The molecular weight excluding hydrogens is 447 g/mol. The first-order valence-corrected chi connectivity index (χ1v) is 8.13. The summed E-state index contributed by atoms with van der Waals surface area (Å²) in [6.45, 7) is 0. The van der Waals surface area contributed by atoms with Crippen molar-refractivity contribution in [2.45, 2.75) is 24.4 Å². The summed E-state index contributed by atoms with van der Waals surface area (Å²) in [4.78, 5) is 23.5. The van der Waals surface area contributed by atoms with E-state index in [0.717, 1.165) is 30.3 Å². The van der Waals surface area contributed by atoms with Gasteiger partial charge in [0.05, 0.1) is 0 Å². The van der Waals surface area contributed by atoms with Crippen LogP contribution in [0.25, 0.3) is 0 Å². The van der Waals surface area contributed by atoms with Gasteiger partial charge in [-0.3, -0.25) is 10.1 Å². The second-order valence-electron chi connectivity index (χ2n) is 6.18. The van der Waals surface area contributed by atoms with E-state index in [0.29, 0.717) is 12.1 Å². The summed E-state index contributed by atoms with van der Waals surface area (Å²) in [5, 5.41) is 3.57. The summed E-state index contributed by atoms with van der Waals surface area (Å²) in [6, 6.07) is 4.28. The predicted octanol–water partition coefficient (Wildman–Crippen LogP) is 5.30. The zero-order chi connectivity index (χ0) is 23.6. The number of hydrogen-bond acceptors (Lipinski definition) is 2. The molecule has 31 heavy (non-hydrogen) atoms. The van der Waals surface area contributed by atoms with Crippen molar-refractivity contribution < 1.29 is 49.1 Å². The molecule has 168 valence electrons. The van der Waals surface area contributed by atoms with Crippen molar-refractivity contribution in [3.05, 3.63) is 65.2 Å². The lowest BCUT2D eigenvalue weighted by Crippen LogP contribution is -2.54. The number of nitrogens with one attached hydrogen (secondary N) is 2. The second kappa shape index (κ2) is 8.47. The van der Waals surface area contributed by atoms with Gasteiger partial charge in [-0.15, -0.1) is 0 Å². The number of amides is 3. The van der Waals surface area contributed by atoms with Gasteiger partial charge in [-0.25, -0.2) is 18.0 Å². The summed E-state index contributed by atoms with van der Waals surface area (Å²) < 4.78 is 116. The topological polar surface area (TPSA) is 58.2 Å². The lowest BCUT2D eigenvalue weighted by molar-refractivity contribution is -0.340. The molecule has 0 aromatic heterocycles. The molecule has 0 atom stereocenters. The fraction of sp³-hybridized carbons (Fsp3) is 0.222. The molecule has 0 unspecified atom stereocenters. The number of urea groups is 1. The highest BCUT2D eigenvalue weighted by molar-refractivity contribution is 6.08. The first-order valence-electron chi connectivity index (χ1n) is 8.13. The van der Waals surface area contributed by atoms with Gasteiger partial charge in [-0.1, -0.05) is 18.2 Å². The molecule has 0 fully saturated rings. The van der Waals surface area contributed by atoms with Gasteiger partial charge in [0.1, 0.15) is 17.2 Å². The third-order valence-corrected chi connectivity index (χ3v) is 3.98. The number of hydrogen-bond donors (Lipinski definition) is 2. The lowest BCUT2D eigenvalue weighted by Gasteiger charge is -2.30. The van der Waals surface area contributed by atoms with Crippen molar-refractivity contribution in [2.24, 2.45) is 0 Å². The summed E-state index contributed by atoms with van der Waals surface area (Å²) in [6.07, 6.45) is -14.5. The number of alkyl halides is 7. The fourth-order valence-electron chi connectivity index (χ4n) is 2.39. The van der Waals surface area contributed by atoms with Crippen LogP contribution in [0.2, 0.25) is 0 Å². The number of carbonyl (C=O) groups is 2. The Labute approximate surface area is 168 Å². The smallest absolute Gasteiger partial charge is 0.308 e. The van der Waals surface area contributed by atoms with Gasteiger partial charge in [-0.05, 0) is 29.8 Å². The molecule has 0 aliphatic heterocycles. The first kappa shape index (κ1) is 24.0. The van der Waals surface area contributed by atoms with Gasteiger partial charge in [0.2, 0.25) is 0 Å². The molecule has 2 aromatic carbocycles. The zero-order valence-corrected chi connectivity index (χ0v) is 15.0. The van der Waals surface area contributed by atoms with Gasteiger partial charge in [0, 0.05) is 12.1 Å². The molecule has 0 aliphatic rings. The molecule has 0 spiro atoms. The third kappa shape index (κ3) is 5.27. The highest BCUT2D eigenvalue weighted by atomic mass is 19.4. The lowest BCUT2D eigenvalue weighted by atomic mass is 9.95. The molecular formula is C18H11F9N2O2. The molecule has 0 heterocycles. The quantitative estimate of drug-likeness (QED) is 0.611. The van der Waals surface area contributed by atoms with E-state index in [2.05, 4.69) is 0 Å². The minimum Gasteiger partial charge on any atom is -0.308 e. The van der Waals surface area contributed by atoms with Crippen LogP contribution >= 0.6 is 0 Å². The minimum absolute atomic E-state index is 0.216. The van der Waals surface area contributed by atoms with Crippen LogP contribution in [0.4, 0.5) is 50.0 Å². The number of benzene rings is 2. The highest BCUT2D eigenvalue weighted by Gasteiger charge is 2.72. The molecule has 4 nitrogen and oxygen atoms in total. The fourth-order valence-corrected chi connectivity index (χ4v) is 2.39. The van der Waals surface area contributed by atoms with Crippen molar-refractivity contribution in [3.8, 4) is 0 Å². The summed E-state index contributed by atoms with van der Waals surface area (Å²) in [5.41, 5.74) is -7.44. The van der Waals surface area contributed by atoms with Crippen LogP contribution in [0, 0.1) is 11.6 Å². The van der Waals surface area contributed by atoms with Crippen molar-refractivity contribution in [2.75, 3.05) is 5.32 Å². The van der Waals surface area contributed by atoms with E-state index in [1.807, 2.05) is 5.32 Å². The number of imide groups is 1. The molecule has 2 aromatic rings. The van der Waals surface area contributed by atoms with E-state index >= 15 is 0 Å². The Balaban J connectivity index is 2.09. The number of halogens is 9. The number of rotatable bonds is 4. The molecule has 13 heteroatoms. The van der Waals surface area contributed by atoms with Crippen LogP contribution in [0.5, 0.6) is 0 Å². The Morgan fingerprint density at radius 2 is 1.26 bits per heavy atom. The average molecular weight is 458 g/mol. The van der Waals surface area contributed by atoms with Crippen LogP contribution in [-0.4, -0.2) is 30.0 Å². The molecule has 0 aliphatic carbocycles. The molecule has 0 saturated heterocycles. The van der Waals surface area contributed by atoms with E-state index < -0.39 is 59.1 Å².